The van der Waals surface area contributed by atoms with Crippen LogP contribution in [0.2, 0.25) is 0 Å². The minimum Gasteiger partial charge on any atom is -0.300 e. The molecule has 0 spiro atoms. The molecule has 0 saturated carbocycles. The van der Waals surface area contributed by atoms with Crippen molar-refractivity contribution in [3.63, 3.8) is 0 Å². The van der Waals surface area contributed by atoms with Crippen LogP contribution in [0.1, 0.15) is 5.56 Å². The molecule has 0 saturated heterocycles. The van der Waals surface area contributed by atoms with Crippen molar-refractivity contribution in [3.05, 3.63) is 27.3 Å². The van der Waals surface area contributed by atoms with Gasteiger partial charge >= 0.3 is 0 Å². The molecule has 1 aromatic heterocycles. The highest BCUT2D eigenvalue weighted by molar-refractivity contribution is 14.1. The van der Waals surface area contributed by atoms with Crippen molar-refractivity contribution in [2.75, 3.05) is 0 Å². The molecule has 18 heavy (non-hydrogen) atoms. The van der Waals surface area contributed by atoms with Gasteiger partial charge in [0.25, 0.3) is 14.2 Å². The van der Waals surface area contributed by atoms with Crippen LogP contribution in [0, 0.1) is 10.5 Å². The molecule has 1 aromatic carbocycles. The Balaban J connectivity index is 2.67. The molecule has 0 bridgehead atoms. The van der Waals surface area contributed by atoms with Gasteiger partial charge in [-0.2, -0.15) is 0 Å². The predicted octanol–water partition coefficient (Wildman–Crippen LogP) is 2.32. The first-order valence-corrected chi connectivity index (χ1v) is 8.30. The smallest absolute Gasteiger partial charge is 0.296 e. The molecular weight excluding hydrogens is 389 g/mol. The van der Waals surface area contributed by atoms with Crippen LogP contribution in [0.4, 0.5) is 0 Å². The third-order valence-electron chi connectivity index (χ3n) is 2.49. The van der Waals surface area contributed by atoms with E-state index in [0.717, 1.165) is 14.7 Å². The molecule has 0 radical (unpaired) electrons. The van der Waals surface area contributed by atoms with E-state index in [9.17, 15) is 8.42 Å². The summed E-state index contributed by atoms with van der Waals surface area (Å²) in [5, 5.41) is 7.27. The van der Waals surface area contributed by atoms with Gasteiger partial charge in [0.2, 0.25) is 0 Å². The summed E-state index contributed by atoms with van der Waals surface area (Å²) in [4.78, 5) is 0. The Bertz CT molecular complexity index is 712. The monoisotopic (exact) mass is 397 g/mol. The fourth-order valence-electron chi connectivity index (χ4n) is 1.58. The lowest BCUT2D eigenvalue weighted by atomic mass is 10.1. The topological polar surface area (TPSA) is 64.8 Å². The van der Waals surface area contributed by atoms with Gasteiger partial charge in [-0.25, -0.2) is 8.42 Å². The number of aromatic nitrogens is 3. The molecule has 0 aliphatic heterocycles. The second-order valence-electron chi connectivity index (χ2n) is 3.74. The second kappa shape index (κ2) is 4.78. The molecule has 2 aromatic rings. The summed E-state index contributed by atoms with van der Waals surface area (Å²) in [6.45, 7) is 1.97. The summed E-state index contributed by atoms with van der Waals surface area (Å²) in [6, 6.07) is 5.72. The lowest BCUT2D eigenvalue weighted by molar-refractivity contribution is 0.593. The molecule has 5 nitrogen and oxygen atoms in total. The molecule has 0 aliphatic carbocycles. The van der Waals surface area contributed by atoms with E-state index in [0.29, 0.717) is 5.82 Å². The number of aryl methyl sites for hydroxylation is 1. The molecule has 0 aliphatic rings. The van der Waals surface area contributed by atoms with E-state index in [1.807, 2.05) is 25.1 Å². The van der Waals surface area contributed by atoms with Crippen molar-refractivity contribution in [1.82, 2.24) is 14.8 Å². The quantitative estimate of drug-likeness (QED) is 0.576. The number of benzene rings is 1. The Kier molecular flexibility index (Phi) is 3.65. The van der Waals surface area contributed by atoms with Gasteiger partial charge in [-0.05, 0) is 35.1 Å². The Morgan fingerprint density at radius 3 is 2.56 bits per heavy atom. The van der Waals surface area contributed by atoms with Crippen molar-refractivity contribution >= 4 is 42.3 Å². The van der Waals surface area contributed by atoms with E-state index < -0.39 is 9.05 Å². The lowest BCUT2D eigenvalue weighted by Gasteiger charge is -2.06. The van der Waals surface area contributed by atoms with E-state index in [4.69, 9.17) is 10.7 Å². The van der Waals surface area contributed by atoms with Gasteiger partial charge in [0.1, 0.15) is 0 Å². The van der Waals surface area contributed by atoms with Gasteiger partial charge in [0.15, 0.2) is 5.82 Å². The lowest BCUT2D eigenvalue weighted by Crippen LogP contribution is -2.03. The number of nitrogens with zero attached hydrogens (tertiary/aromatic N) is 3. The molecule has 2 rings (SSSR count). The average molecular weight is 398 g/mol. The highest BCUT2D eigenvalue weighted by Crippen LogP contribution is 2.27. The molecule has 0 N–H and O–H groups in total. The fourth-order valence-corrected chi connectivity index (χ4v) is 3.14. The van der Waals surface area contributed by atoms with Crippen LogP contribution in [0.15, 0.2) is 23.4 Å². The van der Waals surface area contributed by atoms with Crippen molar-refractivity contribution in [2.24, 2.45) is 7.05 Å². The maximum absolute atomic E-state index is 11.3. The first-order valence-electron chi connectivity index (χ1n) is 4.92. The maximum atomic E-state index is 11.3. The minimum absolute atomic E-state index is 0.253. The van der Waals surface area contributed by atoms with Crippen LogP contribution in [0.25, 0.3) is 11.4 Å². The van der Waals surface area contributed by atoms with E-state index >= 15 is 0 Å². The molecule has 0 atom stereocenters. The summed E-state index contributed by atoms with van der Waals surface area (Å²) < 4.78 is 25.0. The zero-order chi connectivity index (χ0) is 13.5. The van der Waals surface area contributed by atoms with E-state index in [-0.39, 0.29) is 5.16 Å². The van der Waals surface area contributed by atoms with Crippen LogP contribution in [-0.4, -0.2) is 23.2 Å². The van der Waals surface area contributed by atoms with Crippen molar-refractivity contribution in [1.29, 1.82) is 0 Å². The first kappa shape index (κ1) is 13.8. The Hall–Kier alpha value is -0.670. The van der Waals surface area contributed by atoms with Crippen molar-refractivity contribution < 1.29 is 8.42 Å². The maximum Gasteiger partial charge on any atom is 0.296 e. The number of rotatable bonds is 2. The summed E-state index contributed by atoms with van der Waals surface area (Å²) in [5.74, 6) is 0.474. The van der Waals surface area contributed by atoms with Gasteiger partial charge in [-0.3, -0.25) is 4.57 Å². The third kappa shape index (κ3) is 2.39. The average Bonchev–Trinajstić information content (AvgIpc) is 2.64. The highest BCUT2D eigenvalue weighted by atomic mass is 127. The van der Waals surface area contributed by atoms with Crippen LogP contribution in [-0.2, 0) is 16.1 Å². The molecule has 96 valence electrons. The largest absolute Gasteiger partial charge is 0.300 e. The molecular formula is C10H9ClIN3O2S. The predicted molar refractivity (Wildman–Crippen MR) is 76.9 cm³/mol. The van der Waals surface area contributed by atoms with E-state index in [1.165, 1.54) is 4.57 Å². The number of hydrogen-bond donors (Lipinski definition) is 0. The number of halogens is 2. The molecule has 0 fully saturated rings. The van der Waals surface area contributed by atoms with E-state index in [1.54, 1.807) is 7.05 Å². The minimum atomic E-state index is -3.88. The normalized spacial score (nSPS) is 11.8. The van der Waals surface area contributed by atoms with Gasteiger partial charge in [-0.15, -0.1) is 10.2 Å². The summed E-state index contributed by atoms with van der Waals surface area (Å²) in [6.07, 6.45) is 0. The van der Waals surface area contributed by atoms with Gasteiger partial charge in [0, 0.05) is 26.9 Å². The van der Waals surface area contributed by atoms with Crippen LogP contribution in [0.5, 0.6) is 0 Å². The Morgan fingerprint density at radius 1 is 1.33 bits per heavy atom. The van der Waals surface area contributed by atoms with Crippen molar-refractivity contribution in [3.8, 4) is 11.4 Å². The Labute approximate surface area is 123 Å². The SMILES string of the molecule is Cc1cccc(-c2nnc(S(=O)(=O)Cl)n2C)c1I. The summed E-state index contributed by atoms with van der Waals surface area (Å²) in [7, 11) is 2.97. The highest BCUT2D eigenvalue weighted by Gasteiger charge is 2.22. The van der Waals surface area contributed by atoms with Crippen LogP contribution >= 0.6 is 33.3 Å². The zero-order valence-corrected chi connectivity index (χ0v) is 13.3. The summed E-state index contributed by atoms with van der Waals surface area (Å²) >= 11 is 2.19. The second-order valence-corrected chi connectivity index (χ2v) is 7.28. The van der Waals surface area contributed by atoms with E-state index in [2.05, 4.69) is 32.8 Å². The number of hydrogen-bond acceptors (Lipinski definition) is 4. The van der Waals surface area contributed by atoms with Crippen LogP contribution in [0.3, 0.4) is 0 Å². The Morgan fingerprint density at radius 2 is 2.00 bits per heavy atom. The zero-order valence-electron chi connectivity index (χ0n) is 9.55. The van der Waals surface area contributed by atoms with Crippen molar-refractivity contribution in [2.45, 2.75) is 12.1 Å². The van der Waals surface area contributed by atoms with Gasteiger partial charge in [0.05, 0.1) is 0 Å². The first-order chi connectivity index (χ1) is 8.32. The van der Waals surface area contributed by atoms with Gasteiger partial charge < -0.3 is 0 Å². The molecule has 1 heterocycles. The molecule has 0 amide bonds. The van der Waals surface area contributed by atoms with Crippen LogP contribution < -0.4 is 0 Å². The fraction of sp³-hybridized carbons (Fsp3) is 0.200. The standard InChI is InChI=1S/C10H9ClIN3O2S/c1-6-4-3-5-7(8(6)12)9-13-14-10(15(9)2)18(11,16)17/h3-5H,1-2H3. The summed E-state index contributed by atoms with van der Waals surface area (Å²) in [5.41, 5.74) is 1.92. The third-order valence-corrected chi connectivity index (χ3v) is 5.12. The van der Waals surface area contributed by atoms with Gasteiger partial charge in [-0.1, -0.05) is 18.2 Å². The molecule has 8 heteroatoms. The molecule has 0 unspecified atom stereocenters.